The fourth-order valence-electron chi connectivity index (χ4n) is 2.59. The molecule has 0 heterocycles. The van der Waals surface area contributed by atoms with Crippen LogP contribution in [0.5, 0.6) is 5.75 Å². The van der Waals surface area contributed by atoms with Gasteiger partial charge >= 0.3 is 0 Å². The van der Waals surface area contributed by atoms with E-state index in [1.807, 2.05) is 18.2 Å². The molecule has 3 rings (SSSR count). The van der Waals surface area contributed by atoms with Crippen LogP contribution in [-0.4, -0.2) is 22.8 Å². The van der Waals surface area contributed by atoms with Gasteiger partial charge in [0.05, 0.1) is 28.5 Å². The van der Waals surface area contributed by atoms with Gasteiger partial charge in [0.25, 0.3) is 5.69 Å². The van der Waals surface area contributed by atoms with E-state index in [1.165, 1.54) is 30.1 Å². The second-order valence-corrected chi connectivity index (χ2v) is 7.51. The molecule has 0 aromatic heterocycles. The summed E-state index contributed by atoms with van der Waals surface area (Å²) in [6.45, 7) is 0.291. The number of hydrazone groups is 1. The Kier molecular flexibility index (Phi) is 7.95. The number of carbonyl (C=O) groups excluding carboxylic acids is 1. The highest BCUT2D eigenvalue weighted by molar-refractivity contribution is 8.00. The summed E-state index contributed by atoms with van der Waals surface area (Å²) in [6, 6.07) is 22.6. The number of nitrogens with zero attached hydrogens (tertiary/aromatic N) is 3. The Hall–Kier alpha value is -4.16. The molecule has 0 saturated carbocycles. The number of nitro benzene ring substituents is 1. The molecule has 8 nitrogen and oxygen atoms in total. The van der Waals surface area contributed by atoms with Gasteiger partial charge in [0.1, 0.15) is 12.4 Å². The maximum absolute atomic E-state index is 11.9. The van der Waals surface area contributed by atoms with Gasteiger partial charge in [-0.25, -0.2) is 5.43 Å². The Labute approximate surface area is 188 Å². The first kappa shape index (κ1) is 22.5. The summed E-state index contributed by atoms with van der Waals surface area (Å²) in [5.41, 5.74) is 4.62. The maximum Gasteiger partial charge on any atom is 0.269 e. The van der Waals surface area contributed by atoms with Gasteiger partial charge in [-0.15, -0.1) is 11.8 Å². The predicted octanol–water partition coefficient (Wildman–Crippen LogP) is 4.29. The van der Waals surface area contributed by atoms with Gasteiger partial charge < -0.3 is 4.74 Å². The highest BCUT2D eigenvalue weighted by Crippen LogP contribution is 2.21. The summed E-state index contributed by atoms with van der Waals surface area (Å²) in [7, 11) is 0. The normalized spacial score (nSPS) is 10.5. The predicted molar refractivity (Wildman–Crippen MR) is 121 cm³/mol. The number of non-ortho nitro benzene ring substituents is 1. The number of carbonyl (C=O) groups is 1. The molecule has 0 aliphatic heterocycles. The molecule has 0 bridgehead atoms. The molecule has 9 heteroatoms. The number of benzene rings is 3. The van der Waals surface area contributed by atoms with Gasteiger partial charge in [-0.3, -0.25) is 14.9 Å². The van der Waals surface area contributed by atoms with Crippen molar-refractivity contribution in [2.75, 3.05) is 5.75 Å². The third-order valence-electron chi connectivity index (χ3n) is 4.23. The van der Waals surface area contributed by atoms with E-state index in [9.17, 15) is 14.9 Å². The Morgan fingerprint density at radius 2 is 1.84 bits per heavy atom. The fraction of sp³-hybridized carbons (Fsp3) is 0.0870. The molecule has 160 valence electrons. The van der Waals surface area contributed by atoms with Crippen molar-refractivity contribution in [1.29, 1.82) is 5.26 Å². The molecule has 0 atom stereocenters. The third-order valence-corrected chi connectivity index (χ3v) is 5.24. The number of ether oxygens (including phenoxy) is 1. The topological polar surface area (TPSA) is 118 Å². The molecule has 32 heavy (non-hydrogen) atoms. The van der Waals surface area contributed by atoms with E-state index in [0.29, 0.717) is 17.9 Å². The number of nitrogens with one attached hydrogen (secondary N) is 1. The molecule has 1 amide bonds. The van der Waals surface area contributed by atoms with E-state index < -0.39 is 4.92 Å². The Morgan fingerprint density at radius 3 is 2.53 bits per heavy atom. The highest BCUT2D eigenvalue weighted by Gasteiger charge is 2.06. The zero-order valence-electron chi connectivity index (χ0n) is 16.8. The summed E-state index contributed by atoms with van der Waals surface area (Å²) < 4.78 is 5.72. The molecule has 0 aliphatic carbocycles. The van der Waals surface area contributed by atoms with Crippen LogP contribution in [0.1, 0.15) is 16.7 Å². The summed E-state index contributed by atoms with van der Waals surface area (Å²) in [6.07, 6.45) is 1.52. The van der Waals surface area contributed by atoms with Crippen LogP contribution in [0.25, 0.3) is 0 Å². The zero-order chi connectivity index (χ0) is 22.8. The largest absolute Gasteiger partial charge is 0.489 e. The number of amides is 1. The first-order valence-corrected chi connectivity index (χ1v) is 10.4. The molecule has 0 aliphatic rings. The lowest BCUT2D eigenvalue weighted by atomic mass is 10.1. The van der Waals surface area contributed by atoms with Crippen molar-refractivity contribution >= 4 is 29.6 Å². The average Bonchev–Trinajstić information content (AvgIpc) is 2.82. The fourth-order valence-corrected chi connectivity index (χ4v) is 3.28. The molecule has 0 radical (unpaired) electrons. The van der Waals surface area contributed by atoms with E-state index in [2.05, 4.69) is 16.6 Å². The van der Waals surface area contributed by atoms with Gasteiger partial charge in [-0.05, 0) is 48.0 Å². The Morgan fingerprint density at radius 1 is 1.12 bits per heavy atom. The van der Waals surface area contributed by atoms with E-state index in [0.717, 1.165) is 16.0 Å². The molecular formula is C23H18N4O4S. The van der Waals surface area contributed by atoms with Crippen LogP contribution in [0.4, 0.5) is 5.69 Å². The molecule has 3 aromatic rings. The molecule has 0 fully saturated rings. The van der Waals surface area contributed by atoms with Crippen molar-refractivity contribution in [2.45, 2.75) is 11.5 Å². The first-order valence-electron chi connectivity index (χ1n) is 9.45. The number of rotatable bonds is 9. The van der Waals surface area contributed by atoms with Gasteiger partial charge in [-0.2, -0.15) is 10.4 Å². The lowest BCUT2D eigenvalue weighted by molar-refractivity contribution is -0.384. The SMILES string of the molecule is N#Cc1ccccc1COc1ccc(/C=N\NC(=O)CSc2ccc([N+](=O)[O-])cc2)cc1. The lowest BCUT2D eigenvalue weighted by Crippen LogP contribution is -2.19. The van der Waals surface area contributed by atoms with Crippen molar-refractivity contribution < 1.29 is 14.5 Å². The van der Waals surface area contributed by atoms with Gasteiger partial charge in [0.15, 0.2) is 0 Å². The minimum atomic E-state index is -0.470. The van der Waals surface area contributed by atoms with Crippen LogP contribution in [-0.2, 0) is 11.4 Å². The minimum Gasteiger partial charge on any atom is -0.489 e. The Bertz CT molecular complexity index is 1160. The summed E-state index contributed by atoms with van der Waals surface area (Å²) in [5, 5.41) is 23.7. The van der Waals surface area contributed by atoms with Crippen molar-refractivity contribution in [3.05, 3.63) is 99.6 Å². The molecule has 3 aromatic carbocycles. The third kappa shape index (κ3) is 6.68. The molecule has 0 spiro atoms. The molecule has 0 unspecified atom stereocenters. The van der Waals surface area contributed by atoms with E-state index >= 15 is 0 Å². The van der Waals surface area contributed by atoms with Gasteiger partial charge in [0.2, 0.25) is 5.91 Å². The number of hydrogen-bond donors (Lipinski definition) is 1. The van der Waals surface area contributed by atoms with Crippen LogP contribution >= 0.6 is 11.8 Å². The van der Waals surface area contributed by atoms with Crippen molar-refractivity contribution in [1.82, 2.24) is 5.43 Å². The summed E-state index contributed by atoms with van der Waals surface area (Å²) in [4.78, 5) is 22.8. The van der Waals surface area contributed by atoms with Crippen molar-refractivity contribution in [3.63, 3.8) is 0 Å². The van der Waals surface area contributed by atoms with Crippen LogP contribution in [0.3, 0.4) is 0 Å². The van der Waals surface area contributed by atoms with Crippen LogP contribution in [0.2, 0.25) is 0 Å². The Balaban J connectivity index is 1.43. The number of nitro groups is 1. The second-order valence-electron chi connectivity index (χ2n) is 6.46. The maximum atomic E-state index is 11.9. The monoisotopic (exact) mass is 446 g/mol. The van der Waals surface area contributed by atoms with Crippen molar-refractivity contribution in [3.8, 4) is 11.8 Å². The highest BCUT2D eigenvalue weighted by atomic mass is 32.2. The number of nitriles is 1. The van der Waals surface area contributed by atoms with E-state index in [-0.39, 0.29) is 17.3 Å². The van der Waals surface area contributed by atoms with Gasteiger partial charge in [-0.1, -0.05) is 18.2 Å². The second kappa shape index (κ2) is 11.3. The van der Waals surface area contributed by atoms with Crippen LogP contribution in [0, 0.1) is 21.4 Å². The average molecular weight is 446 g/mol. The number of hydrogen-bond acceptors (Lipinski definition) is 7. The van der Waals surface area contributed by atoms with Crippen LogP contribution < -0.4 is 10.2 Å². The summed E-state index contributed by atoms with van der Waals surface area (Å²) in [5.74, 6) is 0.491. The summed E-state index contributed by atoms with van der Waals surface area (Å²) >= 11 is 1.26. The number of thioether (sulfide) groups is 1. The van der Waals surface area contributed by atoms with Crippen molar-refractivity contribution in [2.24, 2.45) is 5.10 Å². The van der Waals surface area contributed by atoms with E-state index in [4.69, 9.17) is 10.00 Å². The zero-order valence-corrected chi connectivity index (χ0v) is 17.6. The molecule has 0 saturated heterocycles. The van der Waals surface area contributed by atoms with E-state index in [1.54, 1.807) is 42.5 Å². The smallest absolute Gasteiger partial charge is 0.269 e. The van der Waals surface area contributed by atoms with Crippen LogP contribution in [0.15, 0.2) is 82.8 Å². The minimum absolute atomic E-state index is 0.00630. The van der Waals surface area contributed by atoms with Gasteiger partial charge in [0, 0.05) is 22.6 Å². The molecule has 1 N–H and O–H groups in total. The standard InChI is InChI=1S/C23H18N4O4S/c24-13-18-3-1-2-4-19(18)15-31-21-9-5-17(6-10-21)14-25-26-23(28)16-32-22-11-7-20(8-12-22)27(29)30/h1-12,14H,15-16H2,(H,26,28)/b25-14-. The molecular weight excluding hydrogens is 428 g/mol. The first-order chi connectivity index (χ1) is 15.5. The lowest BCUT2D eigenvalue weighted by Gasteiger charge is -2.07. The quantitative estimate of drug-likeness (QED) is 0.227.